The molecule has 0 spiro atoms. The lowest BCUT2D eigenvalue weighted by atomic mass is 9.97. The van der Waals surface area contributed by atoms with E-state index in [0.29, 0.717) is 18.8 Å². The number of hydrogen-bond acceptors (Lipinski definition) is 3. The molecule has 2 aliphatic rings. The first-order valence-corrected chi connectivity index (χ1v) is 7.88. The van der Waals surface area contributed by atoms with Gasteiger partial charge in [-0.3, -0.25) is 4.79 Å². The highest BCUT2D eigenvalue weighted by atomic mass is 16.4. The molecule has 1 aliphatic heterocycles. The zero-order chi connectivity index (χ0) is 15.4. The number of amides is 2. The average Bonchev–Trinajstić information content (AvgIpc) is 2.90. The SMILES string of the molecule is CN1CCC(CN(C)C(=O)N[C@H]2CC[C@@H](C(=O)O)C2)CC1. The average molecular weight is 297 g/mol. The van der Waals surface area contributed by atoms with Crippen molar-refractivity contribution in [3.63, 3.8) is 0 Å². The van der Waals surface area contributed by atoms with Crippen molar-refractivity contribution in [2.75, 3.05) is 33.7 Å². The molecule has 2 atom stereocenters. The van der Waals surface area contributed by atoms with E-state index in [1.54, 1.807) is 4.90 Å². The lowest BCUT2D eigenvalue weighted by Crippen LogP contribution is -2.45. The van der Waals surface area contributed by atoms with Crippen molar-refractivity contribution < 1.29 is 14.7 Å². The van der Waals surface area contributed by atoms with Gasteiger partial charge in [-0.25, -0.2) is 4.79 Å². The van der Waals surface area contributed by atoms with Gasteiger partial charge in [-0.15, -0.1) is 0 Å². The second-order valence-electron chi connectivity index (χ2n) is 6.62. The Morgan fingerprint density at radius 3 is 2.48 bits per heavy atom. The van der Waals surface area contributed by atoms with E-state index in [9.17, 15) is 9.59 Å². The molecule has 1 heterocycles. The van der Waals surface area contributed by atoms with Gasteiger partial charge in [0.05, 0.1) is 5.92 Å². The van der Waals surface area contributed by atoms with Crippen LogP contribution in [-0.2, 0) is 4.79 Å². The predicted octanol–water partition coefficient (Wildman–Crippen LogP) is 1.22. The molecule has 1 saturated heterocycles. The molecule has 1 aliphatic carbocycles. The topological polar surface area (TPSA) is 72.9 Å². The molecule has 2 fully saturated rings. The van der Waals surface area contributed by atoms with E-state index in [2.05, 4.69) is 17.3 Å². The zero-order valence-corrected chi connectivity index (χ0v) is 13.0. The van der Waals surface area contributed by atoms with Crippen molar-refractivity contribution in [3.8, 4) is 0 Å². The fourth-order valence-corrected chi connectivity index (χ4v) is 3.34. The highest BCUT2D eigenvalue weighted by Crippen LogP contribution is 2.25. The number of likely N-dealkylation sites (tertiary alicyclic amines) is 1. The second-order valence-corrected chi connectivity index (χ2v) is 6.62. The van der Waals surface area contributed by atoms with Crippen LogP contribution in [0.15, 0.2) is 0 Å². The molecule has 0 aromatic heterocycles. The molecular weight excluding hydrogens is 270 g/mol. The smallest absolute Gasteiger partial charge is 0.317 e. The van der Waals surface area contributed by atoms with Crippen molar-refractivity contribution in [3.05, 3.63) is 0 Å². The Morgan fingerprint density at radius 2 is 1.90 bits per heavy atom. The van der Waals surface area contributed by atoms with E-state index in [1.807, 2.05) is 7.05 Å². The Balaban J connectivity index is 1.72. The van der Waals surface area contributed by atoms with Crippen LogP contribution < -0.4 is 5.32 Å². The molecule has 6 heteroatoms. The largest absolute Gasteiger partial charge is 0.481 e. The minimum atomic E-state index is -0.744. The summed E-state index contributed by atoms with van der Waals surface area (Å²) in [7, 11) is 3.96. The van der Waals surface area contributed by atoms with Crippen LogP contribution in [0, 0.1) is 11.8 Å². The molecule has 0 radical (unpaired) electrons. The lowest BCUT2D eigenvalue weighted by molar-refractivity contribution is -0.141. The Hall–Kier alpha value is -1.30. The third-order valence-electron chi connectivity index (χ3n) is 4.83. The number of carboxylic acids is 1. The number of hydrogen-bond donors (Lipinski definition) is 2. The molecule has 0 aromatic rings. The first kappa shape index (κ1) is 16.1. The van der Waals surface area contributed by atoms with E-state index >= 15 is 0 Å². The third-order valence-corrected chi connectivity index (χ3v) is 4.83. The maximum atomic E-state index is 12.2. The van der Waals surface area contributed by atoms with E-state index in [1.165, 1.54) is 0 Å². The van der Waals surface area contributed by atoms with E-state index in [-0.39, 0.29) is 18.0 Å². The van der Waals surface area contributed by atoms with Gasteiger partial charge < -0.3 is 20.2 Å². The normalized spacial score (nSPS) is 27.5. The number of carbonyl (C=O) groups is 2. The Labute approximate surface area is 126 Å². The molecule has 1 saturated carbocycles. The maximum absolute atomic E-state index is 12.2. The van der Waals surface area contributed by atoms with Crippen LogP contribution in [-0.4, -0.2) is 66.7 Å². The molecule has 120 valence electrons. The molecular formula is C15H27N3O3. The van der Waals surface area contributed by atoms with Crippen molar-refractivity contribution >= 4 is 12.0 Å². The highest BCUT2D eigenvalue weighted by Gasteiger charge is 2.31. The standard InChI is InChI=1S/C15H27N3O3/c1-17-7-5-11(6-8-17)10-18(2)15(21)16-13-4-3-12(9-13)14(19)20/h11-13H,3-10H2,1-2H3,(H,16,21)(H,19,20)/t12-,13+/m1/s1. The summed E-state index contributed by atoms with van der Waals surface area (Å²) < 4.78 is 0. The van der Waals surface area contributed by atoms with Gasteiger partial charge in [0, 0.05) is 19.6 Å². The van der Waals surface area contributed by atoms with Crippen molar-refractivity contribution in [1.29, 1.82) is 0 Å². The summed E-state index contributed by atoms with van der Waals surface area (Å²) in [5.74, 6) is -0.465. The van der Waals surface area contributed by atoms with Gasteiger partial charge in [0.25, 0.3) is 0 Å². The fraction of sp³-hybridized carbons (Fsp3) is 0.867. The van der Waals surface area contributed by atoms with Crippen LogP contribution >= 0.6 is 0 Å². The van der Waals surface area contributed by atoms with Gasteiger partial charge >= 0.3 is 12.0 Å². The van der Waals surface area contributed by atoms with Gasteiger partial charge in [0.1, 0.15) is 0 Å². The highest BCUT2D eigenvalue weighted by molar-refractivity contribution is 5.75. The summed E-state index contributed by atoms with van der Waals surface area (Å²) in [5.41, 5.74) is 0. The summed E-state index contributed by atoms with van der Waals surface area (Å²) in [4.78, 5) is 27.2. The minimum absolute atomic E-state index is 0.0125. The summed E-state index contributed by atoms with van der Waals surface area (Å²) in [6, 6.07) is -0.0523. The van der Waals surface area contributed by atoms with Gasteiger partial charge in [0.15, 0.2) is 0 Å². The lowest BCUT2D eigenvalue weighted by Gasteiger charge is -2.32. The van der Waals surface area contributed by atoms with Crippen molar-refractivity contribution in [2.45, 2.75) is 38.1 Å². The van der Waals surface area contributed by atoms with Crippen LogP contribution in [0.2, 0.25) is 0 Å². The Kier molecular flexibility index (Phi) is 5.45. The fourth-order valence-electron chi connectivity index (χ4n) is 3.34. The number of nitrogens with zero attached hydrogens (tertiary/aromatic N) is 2. The van der Waals surface area contributed by atoms with Crippen LogP contribution in [0.3, 0.4) is 0 Å². The summed E-state index contributed by atoms with van der Waals surface area (Å²) >= 11 is 0. The zero-order valence-electron chi connectivity index (χ0n) is 13.0. The summed E-state index contributed by atoms with van der Waals surface area (Å²) in [5, 5.41) is 12.0. The third kappa shape index (κ3) is 4.59. The van der Waals surface area contributed by atoms with Crippen LogP contribution in [0.4, 0.5) is 4.79 Å². The number of carboxylic acid groups (broad SMARTS) is 1. The van der Waals surface area contributed by atoms with Gasteiger partial charge in [-0.2, -0.15) is 0 Å². The summed E-state index contributed by atoms with van der Waals surface area (Å²) in [6.07, 6.45) is 4.27. The predicted molar refractivity (Wildman–Crippen MR) is 80.1 cm³/mol. The number of nitrogens with one attached hydrogen (secondary N) is 1. The van der Waals surface area contributed by atoms with Crippen LogP contribution in [0.5, 0.6) is 0 Å². The summed E-state index contributed by atoms with van der Waals surface area (Å²) in [6.45, 7) is 2.99. The molecule has 2 rings (SSSR count). The molecule has 2 N–H and O–H groups in total. The van der Waals surface area contributed by atoms with Gasteiger partial charge in [0.2, 0.25) is 0 Å². The molecule has 0 bridgehead atoms. The molecule has 0 unspecified atom stereocenters. The molecule has 21 heavy (non-hydrogen) atoms. The first-order chi connectivity index (χ1) is 9.95. The number of piperidine rings is 1. The number of urea groups is 1. The van der Waals surface area contributed by atoms with Gasteiger partial charge in [-0.05, 0) is 58.2 Å². The van der Waals surface area contributed by atoms with Crippen LogP contribution in [0.1, 0.15) is 32.1 Å². The molecule has 0 aromatic carbocycles. The molecule has 6 nitrogen and oxygen atoms in total. The van der Waals surface area contributed by atoms with E-state index in [4.69, 9.17) is 5.11 Å². The second kappa shape index (κ2) is 7.11. The minimum Gasteiger partial charge on any atom is -0.481 e. The monoisotopic (exact) mass is 297 g/mol. The number of aliphatic carboxylic acids is 1. The van der Waals surface area contributed by atoms with Crippen molar-refractivity contribution in [1.82, 2.24) is 15.1 Å². The quantitative estimate of drug-likeness (QED) is 0.818. The van der Waals surface area contributed by atoms with E-state index in [0.717, 1.165) is 38.9 Å². The first-order valence-electron chi connectivity index (χ1n) is 7.88. The maximum Gasteiger partial charge on any atom is 0.317 e. The number of carbonyl (C=O) groups excluding carboxylic acids is 1. The van der Waals surface area contributed by atoms with Gasteiger partial charge in [-0.1, -0.05) is 0 Å². The Bertz CT molecular complexity index is 380. The van der Waals surface area contributed by atoms with Crippen molar-refractivity contribution in [2.24, 2.45) is 11.8 Å². The number of rotatable bonds is 4. The van der Waals surface area contributed by atoms with Crippen LogP contribution in [0.25, 0.3) is 0 Å². The Morgan fingerprint density at radius 1 is 1.24 bits per heavy atom. The molecule has 2 amide bonds. The van der Waals surface area contributed by atoms with E-state index < -0.39 is 5.97 Å².